The minimum atomic E-state index is -0.0280. The third-order valence-corrected chi connectivity index (χ3v) is 7.22. The second-order valence-corrected chi connectivity index (χ2v) is 9.16. The normalized spacial score (nSPS) is 11.2. The number of aromatic nitrogens is 4. The number of thiophene rings is 1. The Morgan fingerprint density at radius 1 is 1.06 bits per heavy atom. The Labute approximate surface area is 198 Å². The first kappa shape index (κ1) is 21.4. The van der Waals surface area contributed by atoms with Gasteiger partial charge in [-0.3, -0.25) is 9.36 Å². The fraction of sp³-hybridized carbons (Fsp3) is 0.167. The van der Waals surface area contributed by atoms with Crippen molar-refractivity contribution in [2.45, 2.75) is 24.4 Å². The standard InChI is InChI=1S/C24H20N4O3S2/c1-3-28-23(29)21-18(13-19(33-21)15-8-5-4-6-9-15)25-24(28)32-14-20-26-22(27-31-20)16-10-7-11-17(12-16)30-2/h4-13H,3,14H2,1-2H3. The van der Waals surface area contributed by atoms with Crippen LogP contribution in [0.15, 0.2) is 75.1 Å². The van der Waals surface area contributed by atoms with Crippen molar-refractivity contribution in [3.05, 3.63) is 76.9 Å². The minimum absolute atomic E-state index is 0.0280. The van der Waals surface area contributed by atoms with Gasteiger partial charge in [0, 0.05) is 17.0 Å². The molecule has 5 aromatic rings. The van der Waals surface area contributed by atoms with E-state index in [9.17, 15) is 4.79 Å². The number of nitrogens with zero attached hydrogens (tertiary/aromatic N) is 4. The predicted octanol–water partition coefficient (Wildman–Crippen LogP) is 5.50. The Bertz CT molecular complexity index is 1470. The van der Waals surface area contributed by atoms with E-state index in [4.69, 9.17) is 14.2 Å². The second-order valence-electron chi connectivity index (χ2n) is 7.17. The summed E-state index contributed by atoms with van der Waals surface area (Å²) in [7, 11) is 1.62. The van der Waals surface area contributed by atoms with Crippen LogP contribution in [0.3, 0.4) is 0 Å². The number of thioether (sulfide) groups is 1. The van der Waals surface area contributed by atoms with Gasteiger partial charge in [0.1, 0.15) is 10.4 Å². The van der Waals surface area contributed by atoms with Crippen LogP contribution in [0.4, 0.5) is 0 Å². The highest BCUT2D eigenvalue weighted by Crippen LogP contribution is 2.32. The number of hydrogen-bond acceptors (Lipinski definition) is 8. The van der Waals surface area contributed by atoms with Crippen LogP contribution in [0, 0.1) is 0 Å². The largest absolute Gasteiger partial charge is 0.497 e. The first-order valence-electron chi connectivity index (χ1n) is 10.4. The van der Waals surface area contributed by atoms with Gasteiger partial charge < -0.3 is 9.26 Å². The molecule has 3 heterocycles. The van der Waals surface area contributed by atoms with E-state index < -0.39 is 0 Å². The Kier molecular flexibility index (Phi) is 5.97. The van der Waals surface area contributed by atoms with Crippen molar-refractivity contribution in [2.75, 3.05) is 7.11 Å². The zero-order valence-electron chi connectivity index (χ0n) is 18.0. The van der Waals surface area contributed by atoms with Gasteiger partial charge in [-0.1, -0.05) is 59.4 Å². The lowest BCUT2D eigenvalue weighted by atomic mass is 10.2. The molecule has 0 N–H and O–H groups in total. The SMILES string of the molecule is CCn1c(SCc2nc(-c3cccc(OC)c3)no2)nc2cc(-c3ccccc3)sc2c1=O. The summed E-state index contributed by atoms with van der Waals surface area (Å²) in [6.45, 7) is 2.47. The molecule has 0 aliphatic rings. The van der Waals surface area contributed by atoms with E-state index in [1.807, 2.05) is 67.6 Å². The lowest BCUT2D eigenvalue weighted by Crippen LogP contribution is -2.21. The summed E-state index contributed by atoms with van der Waals surface area (Å²) < 4.78 is 13.0. The van der Waals surface area contributed by atoms with Crippen LogP contribution in [0.5, 0.6) is 5.75 Å². The van der Waals surface area contributed by atoms with E-state index in [0.717, 1.165) is 21.8 Å². The van der Waals surface area contributed by atoms with Gasteiger partial charge in [0.05, 0.1) is 18.4 Å². The molecule has 0 spiro atoms. The molecule has 2 aromatic carbocycles. The van der Waals surface area contributed by atoms with Crippen molar-refractivity contribution in [1.29, 1.82) is 0 Å². The molecule has 0 radical (unpaired) electrons. The maximum absolute atomic E-state index is 13.1. The molecule has 0 saturated carbocycles. The summed E-state index contributed by atoms with van der Waals surface area (Å²) in [6, 6.07) is 19.5. The van der Waals surface area contributed by atoms with Crippen LogP contribution in [0.1, 0.15) is 12.8 Å². The average Bonchev–Trinajstić information content (AvgIpc) is 3.51. The van der Waals surface area contributed by atoms with Gasteiger partial charge in [0.25, 0.3) is 5.56 Å². The van der Waals surface area contributed by atoms with E-state index in [1.54, 1.807) is 11.7 Å². The Morgan fingerprint density at radius 3 is 2.67 bits per heavy atom. The molecule has 0 fully saturated rings. The number of rotatable bonds is 7. The molecule has 0 amide bonds. The predicted molar refractivity (Wildman–Crippen MR) is 131 cm³/mol. The monoisotopic (exact) mass is 476 g/mol. The molecular formula is C24H20N4O3S2. The molecule has 0 aliphatic heterocycles. The molecule has 0 atom stereocenters. The van der Waals surface area contributed by atoms with Gasteiger partial charge in [0.2, 0.25) is 11.7 Å². The number of ether oxygens (including phenoxy) is 1. The van der Waals surface area contributed by atoms with Gasteiger partial charge in [-0.2, -0.15) is 4.98 Å². The number of methoxy groups -OCH3 is 1. The molecule has 166 valence electrons. The fourth-order valence-electron chi connectivity index (χ4n) is 3.44. The number of hydrogen-bond donors (Lipinski definition) is 0. The lowest BCUT2D eigenvalue weighted by Gasteiger charge is -2.08. The summed E-state index contributed by atoms with van der Waals surface area (Å²) in [5, 5.41) is 4.71. The molecule has 7 nitrogen and oxygen atoms in total. The van der Waals surface area contributed by atoms with Gasteiger partial charge in [0.15, 0.2) is 5.16 Å². The molecule has 0 bridgehead atoms. The van der Waals surface area contributed by atoms with E-state index >= 15 is 0 Å². The van der Waals surface area contributed by atoms with Crippen molar-refractivity contribution >= 4 is 33.3 Å². The first-order valence-corrected chi connectivity index (χ1v) is 12.2. The maximum Gasteiger partial charge on any atom is 0.272 e. The maximum atomic E-state index is 13.1. The van der Waals surface area contributed by atoms with Gasteiger partial charge in [-0.05, 0) is 30.7 Å². The third kappa shape index (κ3) is 4.29. The minimum Gasteiger partial charge on any atom is -0.497 e. The van der Waals surface area contributed by atoms with Crippen molar-refractivity contribution < 1.29 is 9.26 Å². The fourth-order valence-corrected chi connectivity index (χ4v) is 5.40. The van der Waals surface area contributed by atoms with E-state index in [-0.39, 0.29) is 5.56 Å². The third-order valence-electron chi connectivity index (χ3n) is 5.09. The van der Waals surface area contributed by atoms with Crippen LogP contribution >= 0.6 is 23.1 Å². The van der Waals surface area contributed by atoms with Crippen LogP contribution in [0.2, 0.25) is 0 Å². The Morgan fingerprint density at radius 2 is 1.88 bits per heavy atom. The summed E-state index contributed by atoms with van der Waals surface area (Å²) in [6.07, 6.45) is 0. The Hall–Kier alpha value is -3.43. The molecule has 0 unspecified atom stereocenters. The lowest BCUT2D eigenvalue weighted by molar-refractivity contribution is 0.391. The van der Waals surface area contributed by atoms with Gasteiger partial charge >= 0.3 is 0 Å². The summed E-state index contributed by atoms with van der Waals surface area (Å²) >= 11 is 2.89. The van der Waals surface area contributed by atoms with E-state index in [2.05, 4.69) is 10.1 Å². The highest BCUT2D eigenvalue weighted by atomic mass is 32.2. The first-order chi connectivity index (χ1) is 16.2. The van der Waals surface area contributed by atoms with Gasteiger partial charge in [-0.25, -0.2) is 4.98 Å². The molecule has 0 saturated heterocycles. The zero-order chi connectivity index (χ0) is 22.8. The van der Waals surface area contributed by atoms with Crippen LogP contribution in [-0.4, -0.2) is 26.8 Å². The van der Waals surface area contributed by atoms with E-state index in [0.29, 0.717) is 39.4 Å². The number of benzene rings is 2. The van der Waals surface area contributed by atoms with Gasteiger partial charge in [-0.15, -0.1) is 11.3 Å². The molecule has 0 aliphatic carbocycles. The summed E-state index contributed by atoms with van der Waals surface area (Å²) in [4.78, 5) is 23.4. The molecule has 9 heteroatoms. The Balaban J connectivity index is 1.42. The van der Waals surface area contributed by atoms with E-state index in [1.165, 1.54) is 23.1 Å². The molecule has 5 rings (SSSR count). The molecular weight excluding hydrogens is 456 g/mol. The summed E-state index contributed by atoms with van der Waals surface area (Å²) in [5.74, 6) is 2.09. The van der Waals surface area contributed by atoms with Crippen LogP contribution in [0.25, 0.3) is 32.0 Å². The highest BCUT2D eigenvalue weighted by Gasteiger charge is 2.16. The second kappa shape index (κ2) is 9.21. The van der Waals surface area contributed by atoms with Crippen molar-refractivity contribution in [3.63, 3.8) is 0 Å². The van der Waals surface area contributed by atoms with Crippen molar-refractivity contribution in [2.24, 2.45) is 0 Å². The average molecular weight is 477 g/mol. The molecule has 3 aromatic heterocycles. The van der Waals surface area contributed by atoms with Crippen molar-refractivity contribution in [1.82, 2.24) is 19.7 Å². The quantitative estimate of drug-likeness (QED) is 0.227. The zero-order valence-corrected chi connectivity index (χ0v) is 19.7. The summed E-state index contributed by atoms with van der Waals surface area (Å²) in [5.41, 5.74) is 2.57. The van der Waals surface area contributed by atoms with Crippen molar-refractivity contribution in [3.8, 4) is 27.6 Å². The van der Waals surface area contributed by atoms with Crippen LogP contribution < -0.4 is 10.3 Å². The number of fused-ring (bicyclic) bond motifs is 1. The van der Waals surface area contributed by atoms with Crippen LogP contribution in [-0.2, 0) is 12.3 Å². The smallest absolute Gasteiger partial charge is 0.272 e. The molecule has 33 heavy (non-hydrogen) atoms. The highest BCUT2D eigenvalue weighted by molar-refractivity contribution is 7.98. The topological polar surface area (TPSA) is 83.0 Å².